The molecular formula is C18H21F3N4O2. The Bertz CT molecular complexity index is 821. The maximum atomic E-state index is 13.3. The summed E-state index contributed by atoms with van der Waals surface area (Å²) in [5.74, 6) is -0.646. The van der Waals surface area contributed by atoms with E-state index >= 15 is 0 Å². The number of esters is 1. The van der Waals surface area contributed by atoms with Gasteiger partial charge in [-0.15, -0.1) is 0 Å². The number of methoxy groups -OCH3 is 1. The van der Waals surface area contributed by atoms with Crippen LogP contribution in [0.5, 0.6) is 0 Å². The van der Waals surface area contributed by atoms with Crippen molar-refractivity contribution in [3.8, 4) is 11.4 Å². The number of halogens is 3. The minimum absolute atomic E-state index is 0.0499. The summed E-state index contributed by atoms with van der Waals surface area (Å²) in [5, 5.41) is 2.93. The molecule has 2 heterocycles. The SMILES string of the molecule is COC(=O)C(C)(C)C(C)(C)Nc1cc(C(F)(F)F)nc(-c2ccncc2)n1. The van der Waals surface area contributed by atoms with Crippen LogP contribution >= 0.6 is 0 Å². The molecule has 0 amide bonds. The van der Waals surface area contributed by atoms with Gasteiger partial charge in [-0.3, -0.25) is 9.78 Å². The average Bonchev–Trinajstić information content (AvgIpc) is 2.60. The van der Waals surface area contributed by atoms with Crippen LogP contribution in [0.25, 0.3) is 11.4 Å². The summed E-state index contributed by atoms with van der Waals surface area (Å²) in [6, 6.07) is 3.85. The monoisotopic (exact) mass is 382 g/mol. The molecule has 27 heavy (non-hydrogen) atoms. The highest BCUT2D eigenvalue weighted by molar-refractivity contribution is 5.78. The van der Waals surface area contributed by atoms with E-state index in [0.717, 1.165) is 6.07 Å². The first-order valence-corrected chi connectivity index (χ1v) is 8.12. The van der Waals surface area contributed by atoms with E-state index in [-0.39, 0.29) is 11.6 Å². The third-order valence-corrected chi connectivity index (χ3v) is 4.65. The van der Waals surface area contributed by atoms with Crippen molar-refractivity contribution in [1.29, 1.82) is 0 Å². The molecule has 0 aromatic carbocycles. The second kappa shape index (κ2) is 7.13. The van der Waals surface area contributed by atoms with E-state index in [9.17, 15) is 18.0 Å². The third-order valence-electron chi connectivity index (χ3n) is 4.65. The molecule has 0 aliphatic rings. The van der Waals surface area contributed by atoms with Gasteiger partial charge < -0.3 is 10.1 Å². The fourth-order valence-electron chi connectivity index (χ4n) is 2.27. The zero-order valence-electron chi connectivity index (χ0n) is 15.7. The molecular weight excluding hydrogens is 361 g/mol. The molecule has 146 valence electrons. The summed E-state index contributed by atoms with van der Waals surface area (Å²) < 4.78 is 44.7. The Kier molecular flexibility index (Phi) is 5.44. The van der Waals surface area contributed by atoms with E-state index in [4.69, 9.17) is 4.74 Å². The molecule has 2 aromatic rings. The standard InChI is InChI=1S/C18H21F3N4O2/c1-16(2,15(26)27-5)17(3,4)25-13-10-12(18(19,20)21)23-14(24-13)11-6-8-22-9-7-11/h6-10H,1-5H3,(H,23,24,25). The van der Waals surface area contributed by atoms with Gasteiger partial charge in [-0.2, -0.15) is 13.2 Å². The molecule has 0 bridgehead atoms. The first-order valence-electron chi connectivity index (χ1n) is 8.12. The number of rotatable bonds is 5. The molecule has 6 nitrogen and oxygen atoms in total. The van der Waals surface area contributed by atoms with Crippen LogP contribution in [0.2, 0.25) is 0 Å². The first kappa shape index (κ1) is 20.6. The fraction of sp³-hybridized carbons (Fsp3) is 0.444. The van der Waals surface area contributed by atoms with Crippen molar-refractivity contribution in [3.63, 3.8) is 0 Å². The maximum Gasteiger partial charge on any atom is 0.433 e. The minimum atomic E-state index is -4.65. The van der Waals surface area contributed by atoms with E-state index < -0.39 is 28.8 Å². The van der Waals surface area contributed by atoms with Crippen molar-refractivity contribution in [2.45, 2.75) is 39.4 Å². The van der Waals surface area contributed by atoms with Gasteiger partial charge in [0, 0.05) is 29.6 Å². The zero-order valence-corrected chi connectivity index (χ0v) is 15.7. The smallest absolute Gasteiger partial charge is 0.433 e. The molecule has 0 saturated carbocycles. The number of nitrogens with one attached hydrogen (secondary N) is 1. The number of ether oxygens (including phenoxy) is 1. The van der Waals surface area contributed by atoms with Gasteiger partial charge in [-0.25, -0.2) is 9.97 Å². The Morgan fingerprint density at radius 1 is 1.07 bits per heavy atom. The number of anilines is 1. The lowest BCUT2D eigenvalue weighted by Gasteiger charge is -2.40. The van der Waals surface area contributed by atoms with Crippen molar-refractivity contribution in [2.24, 2.45) is 5.41 Å². The number of aromatic nitrogens is 3. The van der Waals surface area contributed by atoms with Crippen LogP contribution in [0.4, 0.5) is 19.0 Å². The van der Waals surface area contributed by atoms with Crippen molar-refractivity contribution < 1.29 is 22.7 Å². The van der Waals surface area contributed by atoms with E-state index in [2.05, 4.69) is 20.3 Å². The molecule has 0 aliphatic carbocycles. The number of carbonyl (C=O) groups excluding carboxylic acids is 1. The van der Waals surface area contributed by atoms with Gasteiger partial charge in [0.05, 0.1) is 12.5 Å². The lowest BCUT2D eigenvalue weighted by Crippen LogP contribution is -2.51. The highest BCUT2D eigenvalue weighted by atomic mass is 19.4. The molecule has 0 saturated heterocycles. The third kappa shape index (κ3) is 4.35. The van der Waals surface area contributed by atoms with E-state index in [1.54, 1.807) is 27.7 Å². The highest BCUT2D eigenvalue weighted by Gasteiger charge is 2.45. The summed E-state index contributed by atoms with van der Waals surface area (Å²) in [7, 11) is 1.26. The maximum absolute atomic E-state index is 13.3. The first-order chi connectivity index (χ1) is 12.4. The van der Waals surface area contributed by atoms with Crippen LogP contribution in [0.3, 0.4) is 0 Å². The van der Waals surface area contributed by atoms with Crippen LogP contribution < -0.4 is 5.32 Å². The Balaban J connectivity index is 2.52. The van der Waals surface area contributed by atoms with Crippen molar-refractivity contribution in [1.82, 2.24) is 15.0 Å². The van der Waals surface area contributed by atoms with Gasteiger partial charge in [0.1, 0.15) is 5.82 Å². The predicted molar refractivity (Wildman–Crippen MR) is 93.8 cm³/mol. The predicted octanol–water partition coefficient (Wildman–Crippen LogP) is 3.95. The Hall–Kier alpha value is -2.71. The zero-order chi connectivity index (χ0) is 20.5. The summed E-state index contributed by atoms with van der Waals surface area (Å²) >= 11 is 0. The summed E-state index contributed by atoms with van der Waals surface area (Å²) in [5.41, 5.74) is -2.70. The van der Waals surface area contributed by atoms with Gasteiger partial charge in [-0.05, 0) is 39.8 Å². The second-order valence-electron chi connectivity index (χ2n) is 7.06. The fourth-order valence-corrected chi connectivity index (χ4v) is 2.27. The molecule has 0 aliphatic heterocycles. The molecule has 0 unspecified atom stereocenters. The summed E-state index contributed by atoms with van der Waals surface area (Å²) in [6.07, 6.45) is -1.77. The number of carbonyl (C=O) groups is 1. The number of hydrogen-bond donors (Lipinski definition) is 1. The number of pyridine rings is 1. The van der Waals surface area contributed by atoms with Gasteiger partial charge in [0.2, 0.25) is 0 Å². The van der Waals surface area contributed by atoms with Crippen molar-refractivity contribution in [3.05, 3.63) is 36.3 Å². The Labute approximate surface area is 155 Å². The molecule has 0 fully saturated rings. The molecule has 0 spiro atoms. The average molecular weight is 382 g/mol. The summed E-state index contributed by atoms with van der Waals surface area (Å²) in [4.78, 5) is 23.8. The van der Waals surface area contributed by atoms with Crippen LogP contribution in [0, 0.1) is 5.41 Å². The topological polar surface area (TPSA) is 77.0 Å². The molecule has 9 heteroatoms. The molecule has 2 rings (SSSR count). The van der Waals surface area contributed by atoms with Gasteiger partial charge >= 0.3 is 12.1 Å². The van der Waals surface area contributed by atoms with Crippen LogP contribution in [0.15, 0.2) is 30.6 Å². The van der Waals surface area contributed by atoms with E-state index in [1.807, 2.05) is 0 Å². The minimum Gasteiger partial charge on any atom is -0.469 e. The summed E-state index contributed by atoms with van der Waals surface area (Å²) in [6.45, 7) is 6.65. The number of nitrogens with zero attached hydrogens (tertiary/aromatic N) is 3. The normalized spacial score (nSPS) is 12.6. The van der Waals surface area contributed by atoms with Gasteiger partial charge in [0.25, 0.3) is 0 Å². The molecule has 1 N–H and O–H groups in total. The Morgan fingerprint density at radius 2 is 1.67 bits per heavy atom. The lowest BCUT2D eigenvalue weighted by molar-refractivity contribution is -0.153. The lowest BCUT2D eigenvalue weighted by atomic mass is 9.74. The van der Waals surface area contributed by atoms with Crippen LogP contribution in [-0.2, 0) is 15.7 Å². The number of alkyl halides is 3. The quantitative estimate of drug-likeness (QED) is 0.789. The Morgan fingerprint density at radius 3 is 2.19 bits per heavy atom. The number of hydrogen-bond acceptors (Lipinski definition) is 6. The van der Waals surface area contributed by atoms with Gasteiger partial charge in [-0.1, -0.05) is 0 Å². The largest absolute Gasteiger partial charge is 0.469 e. The van der Waals surface area contributed by atoms with E-state index in [0.29, 0.717) is 5.56 Å². The van der Waals surface area contributed by atoms with Crippen LogP contribution in [-0.4, -0.2) is 33.6 Å². The van der Waals surface area contributed by atoms with Crippen molar-refractivity contribution >= 4 is 11.8 Å². The molecule has 2 aromatic heterocycles. The highest BCUT2D eigenvalue weighted by Crippen LogP contribution is 2.36. The van der Waals surface area contributed by atoms with E-state index in [1.165, 1.54) is 31.6 Å². The molecule has 0 atom stereocenters. The second-order valence-corrected chi connectivity index (χ2v) is 7.06. The van der Waals surface area contributed by atoms with Crippen molar-refractivity contribution in [2.75, 3.05) is 12.4 Å². The van der Waals surface area contributed by atoms with Gasteiger partial charge in [0.15, 0.2) is 11.5 Å². The van der Waals surface area contributed by atoms with Crippen LogP contribution in [0.1, 0.15) is 33.4 Å². The molecule has 0 radical (unpaired) electrons.